The Kier molecular flexibility index (Phi) is 2.87. The predicted molar refractivity (Wildman–Crippen MR) is 54.0 cm³/mol. The molecule has 1 aromatic rings. The first-order chi connectivity index (χ1) is 5.97. The molecule has 0 saturated heterocycles. The Balaban J connectivity index is 2.43. The molecule has 13 heavy (non-hydrogen) atoms. The van der Waals surface area contributed by atoms with Crippen LogP contribution in [0.15, 0.2) is 11.6 Å². The lowest BCUT2D eigenvalue weighted by Gasteiger charge is -2.19. The van der Waals surface area contributed by atoms with Gasteiger partial charge in [-0.2, -0.15) is 0 Å². The molecule has 0 aromatic carbocycles. The van der Waals surface area contributed by atoms with Gasteiger partial charge in [-0.1, -0.05) is 0 Å². The van der Waals surface area contributed by atoms with Crippen molar-refractivity contribution in [2.45, 2.75) is 26.3 Å². The third-order valence-corrected chi connectivity index (χ3v) is 1.83. The van der Waals surface area contributed by atoms with Crippen molar-refractivity contribution in [2.24, 2.45) is 0 Å². The van der Waals surface area contributed by atoms with Crippen LogP contribution in [0.5, 0.6) is 0 Å². The Hall–Kier alpha value is -1.10. The summed E-state index contributed by atoms with van der Waals surface area (Å²) in [5.74, 6) is 0. The SMILES string of the molecule is CC(C)(C)NC(=O)Nc1nccs1. The minimum atomic E-state index is -0.221. The summed E-state index contributed by atoms with van der Waals surface area (Å²) in [6.45, 7) is 5.78. The summed E-state index contributed by atoms with van der Waals surface area (Å²) in [6, 6.07) is -0.220. The lowest BCUT2D eigenvalue weighted by molar-refractivity contribution is 0.244. The highest BCUT2D eigenvalue weighted by atomic mass is 32.1. The highest BCUT2D eigenvalue weighted by Gasteiger charge is 2.13. The van der Waals surface area contributed by atoms with E-state index in [1.165, 1.54) is 11.3 Å². The van der Waals surface area contributed by atoms with Crippen molar-refractivity contribution < 1.29 is 4.79 Å². The Bertz CT molecular complexity index is 276. The highest BCUT2D eigenvalue weighted by Crippen LogP contribution is 2.10. The molecule has 2 N–H and O–H groups in total. The Labute approximate surface area is 81.4 Å². The van der Waals surface area contributed by atoms with Gasteiger partial charge in [0.1, 0.15) is 0 Å². The summed E-state index contributed by atoms with van der Waals surface area (Å²) in [5, 5.41) is 7.83. The number of urea groups is 1. The van der Waals surface area contributed by atoms with E-state index in [1.54, 1.807) is 6.20 Å². The number of rotatable bonds is 1. The van der Waals surface area contributed by atoms with Gasteiger partial charge in [0, 0.05) is 17.1 Å². The molecule has 0 atom stereocenters. The molecule has 0 aliphatic rings. The average molecular weight is 199 g/mol. The molecule has 1 aromatic heterocycles. The normalized spacial score (nSPS) is 11.0. The van der Waals surface area contributed by atoms with Gasteiger partial charge in [-0.25, -0.2) is 9.78 Å². The van der Waals surface area contributed by atoms with Crippen LogP contribution in [0.1, 0.15) is 20.8 Å². The average Bonchev–Trinajstić information content (AvgIpc) is 2.34. The van der Waals surface area contributed by atoms with Crippen molar-refractivity contribution in [3.05, 3.63) is 11.6 Å². The molecule has 2 amide bonds. The smallest absolute Gasteiger partial charge is 0.321 e. The Morgan fingerprint density at radius 1 is 1.54 bits per heavy atom. The maximum atomic E-state index is 11.3. The van der Waals surface area contributed by atoms with E-state index in [9.17, 15) is 4.79 Å². The van der Waals surface area contributed by atoms with Crippen molar-refractivity contribution in [1.82, 2.24) is 10.3 Å². The van der Waals surface area contributed by atoms with Crippen LogP contribution >= 0.6 is 11.3 Å². The minimum absolute atomic E-state index is 0.220. The maximum absolute atomic E-state index is 11.3. The number of anilines is 1. The van der Waals surface area contributed by atoms with Gasteiger partial charge < -0.3 is 5.32 Å². The molecule has 4 nitrogen and oxygen atoms in total. The standard InChI is InChI=1S/C8H13N3OS/c1-8(2,3)11-6(12)10-7-9-4-5-13-7/h4-5H,1-3H3,(H2,9,10,11,12). The van der Waals surface area contributed by atoms with Crippen LogP contribution in [0.2, 0.25) is 0 Å². The van der Waals surface area contributed by atoms with E-state index in [-0.39, 0.29) is 11.6 Å². The summed E-state index contributed by atoms with van der Waals surface area (Å²) in [7, 11) is 0. The zero-order chi connectivity index (χ0) is 9.90. The number of amides is 2. The molecule has 5 heteroatoms. The van der Waals surface area contributed by atoms with E-state index in [0.717, 1.165) is 0 Å². The molecular formula is C8H13N3OS. The number of carbonyl (C=O) groups excluding carboxylic acids is 1. The number of nitrogens with zero attached hydrogens (tertiary/aromatic N) is 1. The molecule has 1 rings (SSSR count). The molecule has 72 valence electrons. The fourth-order valence-electron chi connectivity index (χ4n) is 0.754. The van der Waals surface area contributed by atoms with Crippen molar-refractivity contribution in [2.75, 3.05) is 5.32 Å². The summed E-state index contributed by atoms with van der Waals surface area (Å²) >= 11 is 1.39. The van der Waals surface area contributed by atoms with Gasteiger partial charge in [-0.15, -0.1) is 11.3 Å². The second-order valence-electron chi connectivity index (χ2n) is 3.67. The Morgan fingerprint density at radius 2 is 2.23 bits per heavy atom. The fourth-order valence-corrected chi connectivity index (χ4v) is 1.28. The third kappa shape index (κ3) is 3.89. The van der Waals surface area contributed by atoms with Crippen LogP contribution in [0.25, 0.3) is 0 Å². The van der Waals surface area contributed by atoms with Gasteiger partial charge in [0.05, 0.1) is 0 Å². The largest absolute Gasteiger partial charge is 0.333 e. The van der Waals surface area contributed by atoms with Crippen LogP contribution < -0.4 is 10.6 Å². The van der Waals surface area contributed by atoms with Crippen LogP contribution in [0.4, 0.5) is 9.93 Å². The van der Waals surface area contributed by atoms with Crippen LogP contribution in [-0.2, 0) is 0 Å². The van der Waals surface area contributed by atoms with Crippen LogP contribution in [0.3, 0.4) is 0 Å². The van der Waals surface area contributed by atoms with E-state index in [0.29, 0.717) is 5.13 Å². The van der Waals surface area contributed by atoms with Gasteiger partial charge in [-0.05, 0) is 20.8 Å². The summed E-state index contributed by atoms with van der Waals surface area (Å²) < 4.78 is 0. The number of carbonyl (C=O) groups is 1. The van der Waals surface area contributed by atoms with Crippen molar-refractivity contribution in [1.29, 1.82) is 0 Å². The molecule has 0 spiro atoms. The maximum Gasteiger partial charge on any atom is 0.321 e. The summed E-state index contributed by atoms with van der Waals surface area (Å²) in [5.41, 5.74) is -0.221. The summed E-state index contributed by atoms with van der Waals surface area (Å²) in [4.78, 5) is 15.2. The zero-order valence-electron chi connectivity index (χ0n) is 7.92. The van der Waals surface area contributed by atoms with Gasteiger partial charge in [0.2, 0.25) is 0 Å². The first-order valence-corrected chi connectivity index (χ1v) is 4.84. The predicted octanol–water partition coefficient (Wildman–Crippen LogP) is 2.06. The number of nitrogens with one attached hydrogen (secondary N) is 2. The number of thiazole rings is 1. The third-order valence-electron chi connectivity index (χ3n) is 1.14. The molecule has 0 unspecified atom stereocenters. The van der Waals surface area contributed by atoms with Crippen molar-refractivity contribution >= 4 is 22.5 Å². The zero-order valence-corrected chi connectivity index (χ0v) is 8.73. The topological polar surface area (TPSA) is 54.0 Å². The molecule has 0 aliphatic heterocycles. The second kappa shape index (κ2) is 3.74. The number of aromatic nitrogens is 1. The Morgan fingerprint density at radius 3 is 2.69 bits per heavy atom. The molecule has 1 heterocycles. The highest BCUT2D eigenvalue weighted by molar-refractivity contribution is 7.13. The number of hydrogen-bond donors (Lipinski definition) is 2. The van der Waals surface area contributed by atoms with E-state index in [1.807, 2.05) is 26.2 Å². The van der Waals surface area contributed by atoms with E-state index >= 15 is 0 Å². The van der Waals surface area contributed by atoms with Crippen molar-refractivity contribution in [3.63, 3.8) is 0 Å². The lowest BCUT2D eigenvalue weighted by atomic mass is 10.1. The first kappa shape index (κ1) is 9.98. The van der Waals surface area contributed by atoms with Gasteiger partial charge in [0.25, 0.3) is 0 Å². The van der Waals surface area contributed by atoms with Gasteiger partial charge in [0.15, 0.2) is 5.13 Å². The monoisotopic (exact) mass is 199 g/mol. The molecule has 0 saturated carbocycles. The number of hydrogen-bond acceptors (Lipinski definition) is 3. The van der Waals surface area contributed by atoms with Crippen LogP contribution in [0, 0.1) is 0 Å². The molecule has 0 fully saturated rings. The quantitative estimate of drug-likeness (QED) is 0.727. The molecule has 0 bridgehead atoms. The fraction of sp³-hybridized carbons (Fsp3) is 0.500. The van der Waals surface area contributed by atoms with E-state index in [4.69, 9.17) is 0 Å². The molecular weight excluding hydrogens is 186 g/mol. The van der Waals surface area contributed by atoms with Crippen LogP contribution in [-0.4, -0.2) is 16.6 Å². The molecule has 0 aliphatic carbocycles. The van der Waals surface area contributed by atoms with Crippen molar-refractivity contribution in [3.8, 4) is 0 Å². The first-order valence-electron chi connectivity index (χ1n) is 3.96. The second-order valence-corrected chi connectivity index (χ2v) is 4.56. The van der Waals surface area contributed by atoms with Gasteiger partial charge >= 0.3 is 6.03 Å². The lowest BCUT2D eigenvalue weighted by Crippen LogP contribution is -2.43. The summed E-state index contributed by atoms with van der Waals surface area (Å²) in [6.07, 6.45) is 1.65. The molecule has 0 radical (unpaired) electrons. The van der Waals surface area contributed by atoms with E-state index < -0.39 is 0 Å². The minimum Gasteiger partial charge on any atom is -0.333 e. The van der Waals surface area contributed by atoms with E-state index in [2.05, 4.69) is 15.6 Å². The van der Waals surface area contributed by atoms with Gasteiger partial charge in [-0.3, -0.25) is 5.32 Å².